The average Bonchev–Trinajstić information content (AvgIpc) is 2.80. The summed E-state index contributed by atoms with van der Waals surface area (Å²) >= 11 is 0. The van der Waals surface area contributed by atoms with E-state index in [1.807, 2.05) is 30.3 Å². The monoisotopic (exact) mass is 420 g/mol. The number of nitrogens with one attached hydrogen (secondary N) is 2. The Morgan fingerprint density at radius 3 is 2.10 bits per heavy atom. The van der Waals surface area contributed by atoms with Crippen LogP contribution in [-0.4, -0.2) is 30.4 Å². The second-order valence-electron chi connectivity index (χ2n) is 6.74. The first kappa shape index (κ1) is 21.7. The highest BCUT2D eigenvalue weighted by molar-refractivity contribution is 5.97. The van der Waals surface area contributed by atoms with Gasteiger partial charge in [0, 0.05) is 17.7 Å². The summed E-state index contributed by atoms with van der Waals surface area (Å²) in [5.41, 5.74) is 1.61. The van der Waals surface area contributed by atoms with Gasteiger partial charge >= 0.3 is 5.97 Å². The minimum Gasteiger partial charge on any atom is -0.454 e. The number of hydrogen-bond acceptors (Lipinski definition) is 4. The van der Waals surface area contributed by atoms with Crippen LogP contribution < -0.4 is 10.6 Å². The third kappa shape index (κ3) is 6.78. The van der Waals surface area contributed by atoms with Crippen molar-refractivity contribution in [1.29, 1.82) is 0 Å². The summed E-state index contributed by atoms with van der Waals surface area (Å²) in [6.07, 6.45) is 0.206. The Morgan fingerprint density at radius 2 is 1.45 bits per heavy atom. The molecule has 0 spiro atoms. The molecule has 0 unspecified atom stereocenters. The number of carbonyl (C=O) groups is 3. The van der Waals surface area contributed by atoms with Crippen molar-refractivity contribution in [2.75, 3.05) is 11.9 Å². The molecule has 1 atom stereocenters. The van der Waals surface area contributed by atoms with E-state index in [-0.39, 0.29) is 6.42 Å². The maximum absolute atomic E-state index is 13.0. The van der Waals surface area contributed by atoms with Gasteiger partial charge in [-0.1, -0.05) is 48.5 Å². The number of carbonyl (C=O) groups excluding carboxylic acids is 3. The normalized spacial score (nSPS) is 11.3. The fraction of sp³-hybridized carbons (Fsp3) is 0.125. The zero-order chi connectivity index (χ0) is 22.1. The smallest absolute Gasteiger partial charge is 0.329 e. The largest absolute Gasteiger partial charge is 0.454 e. The van der Waals surface area contributed by atoms with Gasteiger partial charge in [-0.15, -0.1) is 0 Å². The van der Waals surface area contributed by atoms with E-state index in [9.17, 15) is 18.8 Å². The predicted octanol–water partition coefficient (Wildman–Crippen LogP) is 3.35. The molecule has 0 bridgehead atoms. The molecule has 0 aliphatic heterocycles. The molecule has 0 saturated carbocycles. The Bertz CT molecular complexity index is 1020. The lowest BCUT2D eigenvalue weighted by atomic mass is 10.1. The molecule has 3 aromatic carbocycles. The molecule has 7 heteroatoms. The third-order valence-corrected chi connectivity index (χ3v) is 4.38. The van der Waals surface area contributed by atoms with Crippen molar-refractivity contribution >= 4 is 23.5 Å². The van der Waals surface area contributed by atoms with Crippen molar-refractivity contribution in [2.24, 2.45) is 0 Å². The molecule has 158 valence electrons. The van der Waals surface area contributed by atoms with Gasteiger partial charge in [0.2, 0.25) is 0 Å². The summed E-state index contributed by atoms with van der Waals surface area (Å²) < 4.78 is 18.1. The Balaban J connectivity index is 1.62. The van der Waals surface area contributed by atoms with Gasteiger partial charge in [0.15, 0.2) is 6.61 Å². The van der Waals surface area contributed by atoms with E-state index in [1.165, 1.54) is 24.3 Å². The lowest BCUT2D eigenvalue weighted by Crippen LogP contribution is -2.44. The second kappa shape index (κ2) is 10.7. The van der Waals surface area contributed by atoms with Gasteiger partial charge in [-0.2, -0.15) is 0 Å². The number of benzene rings is 3. The van der Waals surface area contributed by atoms with Crippen LogP contribution in [0.2, 0.25) is 0 Å². The van der Waals surface area contributed by atoms with E-state index in [0.717, 1.165) is 5.56 Å². The number of hydrogen-bond donors (Lipinski definition) is 2. The van der Waals surface area contributed by atoms with Crippen molar-refractivity contribution in [1.82, 2.24) is 5.32 Å². The average molecular weight is 420 g/mol. The van der Waals surface area contributed by atoms with Crippen molar-refractivity contribution < 1.29 is 23.5 Å². The van der Waals surface area contributed by atoms with E-state index in [2.05, 4.69) is 10.6 Å². The van der Waals surface area contributed by atoms with Gasteiger partial charge in [0.05, 0.1) is 0 Å². The van der Waals surface area contributed by atoms with Gasteiger partial charge in [-0.25, -0.2) is 9.18 Å². The predicted molar refractivity (Wildman–Crippen MR) is 114 cm³/mol. The van der Waals surface area contributed by atoms with Gasteiger partial charge in [-0.3, -0.25) is 9.59 Å². The first-order valence-electron chi connectivity index (χ1n) is 9.63. The molecule has 31 heavy (non-hydrogen) atoms. The first-order chi connectivity index (χ1) is 15.0. The SMILES string of the molecule is O=C(COC(=O)[C@@H](Cc1ccccc1)NC(=O)c1ccccc1)Nc1ccc(F)cc1. The molecule has 0 heterocycles. The molecule has 0 aliphatic rings. The van der Waals surface area contributed by atoms with E-state index < -0.39 is 36.2 Å². The van der Waals surface area contributed by atoms with Crippen LogP contribution in [0.3, 0.4) is 0 Å². The summed E-state index contributed by atoms with van der Waals surface area (Å²) in [7, 11) is 0. The summed E-state index contributed by atoms with van der Waals surface area (Å²) in [4.78, 5) is 37.2. The van der Waals surface area contributed by atoms with Crippen LogP contribution in [0.4, 0.5) is 10.1 Å². The Kier molecular flexibility index (Phi) is 7.48. The van der Waals surface area contributed by atoms with E-state index in [0.29, 0.717) is 11.3 Å². The summed E-state index contributed by atoms with van der Waals surface area (Å²) in [5, 5.41) is 5.18. The molecule has 0 saturated heterocycles. The van der Waals surface area contributed by atoms with E-state index in [4.69, 9.17) is 4.74 Å². The molecule has 0 radical (unpaired) electrons. The second-order valence-corrected chi connectivity index (χ2v) is 6.74. The van der Waals surface area contributed by atoms with E-state index in [1.54, 1.807) is 30.3 Å². The fourth-order valence-corrected chi connectivity index (χ4v) is 2.84. The Hall–Kier alpha value is -4.00. The molecule has 2 N–H and O–H groups in total. The van der Waals surface area contributed by atoms with Gasteiger partial charge in [0.1, 0.15) is 11.9 Å². The molecule has 0 aliphatic carbocycles. The fourth-order valence-electron chi connectivity index (χ4n) is 2.84. The van der Waals surface area contributed by atoms with Gasteiger partial charge in [-0.05, 0) is 42.0 Å². The van der Waals surface area contributed by atoms with Crippen LogP contribution in [0.15, 0.2) is 84.9 Å². The van der Waals surface area contributed by atoms with E-state index >= 15 is 0 Å². The van der Waals surface area contributed by atoms with Gasteiger partial charge in [0.25, 0.3) is 11.8 Å². The number of rotatable bonds is 8. The molecule has 3 rings (SSSR count). The molecule has 0 aromatic heterocycles. The third-order valence-electron chi connectivity index (χ3n) is 4.38. The summed E-state index contributed by atoms with van der Waals surface area (Å²) in [6.45, 7) is -0.539. The highest BCUT2D eigenvalue weighted by atomic mass is 19.1. The number of ether oxygens (including phenoxy) is 1. The Morgan fingerprint density at radius 1 is 0.839 bits per heavy atom. The summed E-state index contributed by atoms with van der Waals surface area (Å²) in [6, 6.07) is 21.9. The van der Waals surface area contributed by atoms with Crippen LogP contribution in [0, 0.1) is 5.82 Å². The van der Waals surface area contributed by atoms with Crippen LogP contribution in [-0.2, 0) is 20.7 Å². The zero-order valence-corrected chi connectivity index (χ0v) is 16.6. The highest BCUT2D eigenvalue weighted by Crippen LogP contribution is 2.09. The molecule has 3 aromatic rings. The molecular weight excluding hydrogens is 399 g/mol. The van der Waals surface area contributed by atoms with Gasteiger partial charge < -0.3 is 15.4 Å². The van der Waals surface area contributed by atoms with Crippen molar-refractivity contribution in [3.8, 4) is 0 Å². The zero-order valence-electron chi connectivity index (χ0n) is 16.6. The quantitative estimate of drug-likeness (QED) is 0.548. The number of amides is 2. The molecule has 6 nitrogen and oxygen atoms in total. The number of halogens is 1. The Labute approximate surface area is 179 Å². The first-order valence-corrected chi connectivity index (χ1v) is 9.63. The lowest BCUT2D eigenvalue weighted by molar-refractivity contribution is -0.149. The maximum atomic E-state index is 13.0. The lowest BCUT2D eigenvalue weighted by Gasteiger charge is -2.18. The number of esters is 1. The molecule has 0 fully saturated rings. The van der Waals surface area contributed by atoms with Crippen LogP contribution in [0.1, 0.15) is 15.9 Å². The van der Waals surface area contributed by atoms with Crippen LogP contribution in [0.25, 0.3) is 0 Å². The van der Waals surface area contributed by atoms with Crippen molar-refractivity contribution in [3.05, 3.63) is 102 Å². The van der Waals surface area contributed by atoms with Crippen LogP contribution in [0.5, 0.6) is 0 Å². The highest BCUT2D eigenvalue weighted by Gasteiger charge is 2.24. The maximum Gasteiger partial charge on any atom is 0.329 e. The van der Waals surface area contributed by atoms with Crippen molar-refractivity contribution in [3.63, 3.8) is 0 Å². The molecule has 2 amide bonds. The minimum atomic E-state index is -0.978. The van der Waals surface area contributed by atoms with Crippen molar-refractivity contribution in [2.45, 2.75) is 12.5 Å². The topological polar surface area (TPSA) is 84.5 Å². The standard InChI is InChI=1S/C24H21FN2O4/c25-19-11-13-20(14-12-19)26-22(28)16-31-24(30)21(15-17-7-3-1-4-8-17)27-23(29)18-9-5-2-6-10-18/h1-14,21H,15-16H2,(H,26,28)(H,27,29)/t21-/m1/s1. The van der Waals surface area contributed by atoms with Crippen LogP contribution >= 0.6 is 0 Å². The number of anilines is 1. The minimum absolute atomic E-state index is 0.206. The molecular formula is C24H21FN2O4. The summed E-state index contributed by atoms with van der Waals surface area (Å²) in [5.74, 6) is -2.16.